The monoisotopic (exact) mass is 339 g/mol. The van der Waals surface area contributed by atoms with Crippen LogP contribution in [0.4, 0.5) is 0 Å². The zero-order valence-corrected chi connectivity index (χ0v) is 13.8. The minimum atomic E-state index is -0.565. The molecule has 1 aliphatic rings. The van der Waals surface area contributed by atoms with Crippen molar-refractivity contribution >= 4 is 23.4 Å². The number of rotatable bonds is 7. The predicted octanol–water partition coefficient (Wildman–Crippen LogP) is 3.11. The molecule has 0 radical (unpaired) electrons. The van der Waals surface area contributed by atoms with Gasteiger partial charge in [0.1, 0.15) is 18.2 Å². The van der Waals surface area contributed by atoms with Crippen molar-refractivity contribution < 1.29 is 9.84 Å². The van der Waals surface area contributed by atoms with Gasteiger partial charge in [-0.2, -0.15) is 0 Å². The number of aliphatic hydroxyl groups is 1. The fourth-order valence-corrected chi connectivity index (χ4v) is 3.23. The van der Waals surface area contributed by atoms with Gasteiger partial charge in [0.25, 0.3) is 0 Å². The van der Waals surface area contributed by atoms with Crippen LogP contribution in [-0.2, 0) is 0 Å². The first-order chi connectivity index (χ1) is 10.6. The molecule has 1 unspecified atom stereocenters. The molecule has 7 heteroatoms. The van der Waals surface area contributed by atoms with E-state index in [1.807, 2.05) is 6.92 Å². The van der Waals surface area contributed by atoms with Crippen LogP contribution in [0.5, 0.6) is 5.75 Å². The molecule has 1 atom stereocenters. The van der Waals surface area contributed by atoms with Gasteiger partial charge in [-0.3, -0.25) is 0 Å². The third-order valence-corrected chi connectivity index (χ3v) is 4.75. The maximum atomic E-state index is 10.0. The molecule has 3 rings (SSSR count). The average Bonchev–Trinajstić information content (AvgIpc) is 3.28. The fraction of sp³-hybridized carbons (Fsp3) is 0.467. The highest BCUT2D eigenvalue weighted by Crippen LogP contribution is 2.38. The van der Waals surface area contributed by atoms with Crippen LogP contribution in [0.25, 0.3) is 0 Å². The summed E-state index contributed by atoms with van der Waals surface area (Å²) in [6.07, 6.45) is 1.81. The Morgan fingerprint density at radius 2 is 2.09 bits per heavy atom. The maximum Gasteiger partial charge on any atom is 0.191 e. The molecular formula is C15H18ClN3O2S. The second kappa shape index (κ2) is 6.89. The summed E-state index contributed by atoms with van der Waals surface area (Å²) in [7, 11) is 0. The average molecular weight is 340 g/mol. The number of aryl methyl sites for hydroxylation is 1. The van der Waals surface area contributed by atoms with Crippen LogP contribution in [0.15, 0.2) is 29.4 Å². The van der Waals surface area contributed by atoms with Crippen LogP contribution in [0.3, 0.4) is 0 Å². The molecule has 0 amide bonds. The summed E-state index contributed by atoms with van der Waals surface area (Å²) in [6.45, 7) is 2.21. The third kappa shape index (κ3) is 3.94. The Kier molecular flexibility index (Phi) is 4.90. The first-order valence-electron chi connectivity index (χ1n) is 7.24. The number of hydrogen-bond donors (Lipinski definition) is 1. The second-order valence-electron chi connectivity index (χ2n) is 5.36. The predicted molar refractivity (Wildman–Crippen MR) is 86.7 cm³/mol. The summed E-state index contributed by atoms with van der Waals surface area (Å²) in [6, 6.07) is 7.64. The van der Waals surface area contributed by atoms with Crippen molar-refractivity contribution in [2.45, 2.75) is 37.1 Å². The summed E-state index contributed by atoms with van der Waals surface area (Å²) >= 11 is 7.34. The van der Waals surface area contributed by atoms with E-state index in [1.165, 1.54) is 24.6 Å². The molecule has 2 aromatic rings. The summed E-state index contributed by atoms with van der Waals surface area (Å²) in [5.41, 5.74) is 0. The fourth-order valence-electron chi connectivity index (χ4n) is 2.14. The van der Waals surface area contributed by atoms with E-state index in [0.717, 1.165) is 11.0 Å². The second-order valence-corrected chi connectivity index (χ2v) is 6.78. The molecule has 1 heterocycles. The Hall–Kier alpha value is -1.24. The van der Waals surface area contributed by atoms with E-state index in [-0.39, 0.29) is 6.61 Å². The van der Waals surface area contributed by atoms with Crippen molar-refractivity contribution in [1.29, 1.82) is 0 Å². The molecule has 1 aromatic heterocycles. The number of aromatic nitrogens is 3. The van der Waals surface area contributed by atoms with Gasteiger partial charge in [0.15, 0.2) is 5.16 Å². The van der Waals surface area contributed by atoms with Crippen molar-refractivity contribution in [3.05, 3.63) is 35.1 Å². The Balaban J connectivity index is 1.48. The van der Waals surface area contributed by atoms with Gasteiger partial charge in [-0.05, 0) is 44.0 Å². The third-order valence-electron chi connectivity index (χ3n) is 3.41. The van der Waals surface area contributed by atoms with Crippen LogP contribution < -0.4 is 4.74 Å². The number of benzene rings is 1. The normalized spacial score (nSPS) is 15.8. The number of ether oxygens (including phenoxy) is 1. The first-order valence-corrected chi connectivity index (χ1v) is 8.60. The van der Waals surface area contributed by atoms with E-state index in [9.17, 15) is 5.11 Å². The summed E-state index contributed by atoms with van der Waals surface area (Å²) in [5, 5.41) is 19.9. The quantitative estimate of drug-likeness (QED) is 0.785. The molecular weight excluding hydrogens is 322 g/mol. The molecule has 0 aliphatic heterocycles. The Morgan fingerprint density at radius 3 is 2.77 bits per heavy atom. The zero-order valence-electron chi connectivity index (χ0n) is 12.3. The highest BCUT2D eigenvalue weighted by molar-refractivity contribution is 7.99. The van der Waals surface area contributed by atoms with Gasteiger partial charge >= 0.3 is 0 Å². The smallest absolute Gasteiger partial charge is 0.191 e. The number of hydrogen-bond acceptors (Lipinski definition) is 5. The van der Waals surface area contributed by atoms with Crippen molar-refractivity contribution in [3.63, 3.8) is 0 Å². The Morgan fingerprint density at radius 1 is 1.36 bits per heavy atom. The van der Waals surface area contributed by atoms with E-state index < -0.39 is 6.10 Å². The van der Waals surface area contributed by atoms with E-state index in [4.69, 9.17) is 16.3 Å². The van der Waals surface area contributed by atoms with Crippen LogP contribution in [0.2, 0.25) is 5.02 Å². The van der Waals surface area contributed by atoms with Crippen LogP contribution in [0.1, 0.15) is 24.7 Å². The Bertz CT molecular complexity index is 628. The number of halogens is 1. The topological polar surface area (TPSA) is 60.2 Å². The highest BCUT2D eigenvalue weighted by Gasteiger charge is 2.28. The van der Waals surface area contributed by atoms with Crippen molar-refractivity contribution in [2.75, 3.05) is 12.4 Å². The van der Waals surface area contributed by atoms with Crippen molar-refractivity contribution in [3.8, 4) is 5.75 Å². The molecule has 1 N–H and O–H groups in total. The van der Waals surface area contributed by atoms with Gasteiger partial charge in [-0.15, -0.1) is 10.2 Å². The summed E-state index contributed by atoms with van der Waals surface area (Å²) in [4.78, 5) is 0. The maximum absolute atomic E-state index is 10.0. The molecule has 0 saturated heterocycles. The SMILES string of the molecule is Cc1nnc(SCC(O)COc2ccc(Cl)cc2)n1C1CC1. The van der Waals surface area contributed by atoms with Crippen molar-refractivity contribution in [2.24, 2.45) is 0 Å². The Labute approximate surface area is 138 Å². The lowest BCUT2D eigenvalue weighted by Gasteiger charge is -2.12. The molecule has 0 spiro atoms. The van der Waals surface area contributed by atoms with E-state index in [2.05, 4.69) is 14.8 Å². The van der Waals surface area contributed by atoms with Crippen LogP contribution in [0, 0.1) is 6.92 Å². The van der Waals surface area contributed by atoms with Crippen LogP contribution in [-0.4, -0.2) is 38.3 Å². The lowest BCUT2D eigenvalue weighted by atomic mass is 10.3. The molecule has 118 valence electrons. The van der Waals surface area contributed by atoms with E-state index >= 15 is 0 Å². The molecule has 1 aromatic carbocycles. The molecule has 1 fully saturated rings. The molecule has 1 saturated carbocycles. The lowest BCUT2D eigenvalue weighted by molar-refractivity contribution is 0.126. The van der Waals surface area contributed by atoms with Gasteiger partial charge in [-0.25, -0.2) is 0 Å². The van der Waals surface area contributed by atoms with Crippen LogP contribution >= 0.6 is 23.4 Å². The number of nitrogens with zero attached hydrogens (tertiary/aromatic N) is 3. The summed E-state index contributed by atoms with van der Waals surface area (Å²) < 4.78 is 7.71. The molecule has 1 aliphatic carbocycles. The zero-order chi connectivity index (χ0) is 15.5. The summed E-state index contributed by atoms with van der Waals surface area (Å²) in [5.74, 6) is 2.17. The molecule has 0 bridgehead atoms. The van der Waals surface area contributed by atoms with Gasteiger partial charge in [-0.1, -0.05) is 23.4 Å². The van der Waals surface area contributed by atoms with Gasteiger partial charge in [0.2, 0.25) is 0 Å². The first kappa shape index (κ1) is 15.6. The lowest BCUT2D eigenvalue weighted by Crippen LogP contribution is -2.20. The number of thioether (sulfide) groups is 1. The highest BCUT2D eigenvalue weighted by atomic mass is 35.5. The minimum absolute atomic E-state index is 0.241. The minimum Gasteiger partial charge on any atom is -0.491 e. The largest absolute Gasteiger partial charge is 0.491 e. The number of aliphatic hydroxyl groups excluding tert-OH is 1. The van der Waals surface area contributed by atoms with Gasteiger partial charge in [0, 0.05) is 16.8 Å². The van der Waals surface area contributed by atoms with E-state index in [0.29, 0.717) is 22.6 Å². The van der Waals surface area contributed by atoms with Crippen molar-refractivity contribution in [1.82, 2.24) is 14.8 Å². The molecule has 5 nitrogen and oxygen atoms in total. The standard InChI is InChI=1S/C15H18ClN3O2S/c1-10-17-18-15(19(10)12-4-5-12)22-9-13(20)8-21-14-6-2-11(16)3-7-14/h2-3,6-7,12-13,20H,4-5,8-9H2,1H3. The van der Waals surface area contributed by atoms with E-state index in [1.54, 1.807) is 24.3 Å². The van der Waals surface area contributed by atoms with Gasteiger partial charge in [0.05, 0.1) is 6.10 Å². The molecule has 22 heavy (non-hydrogen) atoms. The van der Waals surface area contributed by atoms with Gasteiger partial charge < -0.3 is 14.4 Å².